The summed E-state index contributed by atoms with van der Waals surface area (Å²) in [6.45, 7) is 2.82. The number of nitrogens with zero attached hydrogens (tertiary/aromatic N) is 2. The topological polar surface area (TPSA) is 51.0 Å². The highest BCUT2D eigenvalue weighted by Crippen LogP contribution is 2.08. The summed E-state index contributed by atoms with van der Waals surface area (Å²) in [4.78, 5) is 3.86. The van der Waals surface area contributed by atoms with Gasteiger partial charge in [-0.2, -0.15) is 4.98 Å². The van der Waals surface area contributed by atoms with Crippen molar-refractivity contribution in [3.63, 3.8) is 0 Å². The van der Waals surface area contributed by atoms with Gasteiger partial charge >= 0.3 is 0 Å². The lowest BCUT2D eigenvalue weighted by atomic mass is 10.1. The van der Waals surface area contributed by atoms with Gasteiger partial charge in [-0.1, -0.05) is 17.3 Å². The van der Waals surface area contributed by atoms with E-state index in [1.807, 2.05) is 6.07 Å². The number of aromatic nitrogens is 2. The first-order valence-electron chi connectivity index (χ1n) is 4.96. The molecule has 16 heavy (non-hydrogen) atoms. The lowest BCUT2D eigenvalue weighted by Crippen LogP contribution is -2.13. The number of aryl methyl sites for hydroxylation is 1. The largest absolute Gasteiger partial charge is 0.343 e. The summed E-state index contributed by atoms with van der Waals surface area (Å²) >= 11 is 0. The van der Waals surface area contributed by atoms with Gasteiger partial charge in [0.2, 0.25) is 6.39 Å². The lowest BCUT2D eigenvalue weighted by Gasteiger charge is -2.03. The summed E-state index contributed by atoms with van der Waals surface area (Å²) in [7, 11) is 0. The molecule has 4 nitrogen and oxygen atoms in total. The highest BCUT2D eigenvalue weighted by molar-refractivity contribution is 5.23. The van der Waals surface area contributed by atoms with Crippen LogP contribution in [0.4, 0.5) is 4.39 Å². The van der Waals surface area contributed by atoms with Crippen LogP contribution in [-0.4, -0.2) is 10.1 Å². The molecule has 0 unspecified atom stereocenters. The summed E-state index contributed by atoms with van der Waals surface area (Å²) in [6.07, 6.45) is 1.28. The molecule has 0 bridgehead atoms. The van der Waals surface area contributed by atoms with Crippen LogP contribution in [0.25, 0.3) is 0 Å². The van der Waals surface area contributed by atoms with Gasteiger partial charge < -0.3 is 9.84 Å². The number of halogens is 1. The minimum Gasteiger partial charge on any atom is -0.343 e. The quantitative estimate of drug-likeness (QED) is 0.855. The Bertz CT molecular complexity index is 456. The van der Waals surface area contributed by atoms with Crippen molar-refractivity contribution in [3.05, 3.63) is 47.4 Å². The molecule has 0 fully saturated rings. The van der Waals surface area contributed by atoms with E-state index in [9.17, 15) is 4.39 Å². The maximum Gasteiger partial charge on any atom is 0.213 e. The molecular formula is C11H12FN3O. The van der Waals surface area contributed by atoms with Crippen molar-refractivity contribution in [3.8, 4) is 0 Å². The molecule has 2 rings (SSSR count). The minimum atomic E-state index is -0.182. The molecule has 0 radical (unpaired) electrons. The van der Waals surface area contributed by atoms with Crippen LogP contribution in [0, 0.1) is 12.7 Å². The molecule has 84 valence electrons. The van der Waals surface area contributed by atoms with Crippen molar-refractivity contribution < 1.29 is 8.91 Å². The van der Waals surface area contributed by atoms with Gasteiger partial charge in [-0.05, 0) is 24.1 Å². The first-order chi connectivity index (χ1) is 7.75. The zero-order valence-corrected chi connectivity index (χ0v) is 8.90. The van der Waals surface area contributed by atoms with E-state index < -0.39 is 0 Å². The molecule has 0 aliphatic rings. The van der Waals surface area contributed by atoms with Crippen LogP contribution < -0.4 is 5.32 Å². The molecule has 1 aromatic heterocycles. The SMILES string of the molecule is Cc1ccc(CNCc2ncon2)cc1F. The van der Waals surface area contributed by atoms with Gasteiger partial charge in [0.1, 0.15) is 5.82 Å². The monoisotopic (exact) mass is 221 g/mol. The highest BCUT2D eigenvalue weighted by atomic mass is 19.1. The third-order valence-electron chi connectivity index (χ3n) is 2.26. The first-order valence-corrected chi connectivity index (χ1v) is 4.96. The first kappa shape index (κ1) is 10.8. The number of nitrogens with one attached hydrogen (secondary N) is 1. The molecule has 0 atom stereocenters. The fourth-order valence-corrected chi connectivity index (χ4v) is 1.34. The maximum atomic E-state index is 13.2. The molecule has 1 aromatic carbocycles. The van der Waals surface area contributed by atoms with Gasteiger partial charge in [0.05, 0.1) is 6.54 Å². The summed E-state index contributed by atoms with van der Waals surface area (Å²) < 4.78 is 17.8. The molecule has 0 amide bonds. The Morgan fingerprint density at radius 2 is 2.25 bits per heavy atom. The zero-order valence-electron chi connectivity index (χ0n) is 8.90. The van der Waals surface area contributed by atoms with Gasteiger partial charge in [-0.15, -0.1) is 0 Å². The van der Waals surface area contributed by atoms with Crippen LogP contribution >= 0.6 is 0 Å². The van der Waals surface area contributed by atoms with Crippen LogP contribution in [0.5, 0.6) is 0 Å². The fourth-order valence-electron chi connectivity index (χ4n) is 1.34. The smallest absolute Gasteiger partial charge is 0.213 e. The van der Waals surface area contributed by atoms with E-state index in [4.69, 9.17) is 0 Å². The molecule has 0 spiro atoms. The second-order valence-electron chi connectivity index (χ2n) is 3.53. The van der Waals surface area contributed by atoms with E-state index in [2.05, 4.69) is 20.0 Å². The van der Waals surface area contributed by atoms with Crippen molar-refractivity contribution >= 4 is 0 Å². The van der Waals surface area contributed by atoms with E-state index in [1.165, 1.54) is 12.5 Å². The maximum absolute atomic E-state index is 13.2. The number of rotatable bonds is 4. The second kappa shape index (κ2) is 4.85. The third-order valence-corrected chi connectivity index (χ3v) is 2.26. The van der Waals surface area contributed by atoms with Gasteiger partial charge in [0.15, 0.2) is 5.82 Å². The summed E-state index contributed by atoms with van der Waals surface area (Å²) in [5.74, 6) is 0.409. The minimum absolute atomic E-state index is 0.182. The van der Waals surface area contributed by atoms with E-state index in [-0.39, 0.29) is 5.82 Å². The lowest BCUT2D eigenvalue weighted by molar-refractivity contribution is 0.407. The predicted molar refractivity (Wildman–Crippen MR) is 56.0 cm³/mol. The molecule has 2 aromatic rings. The Balaban J connectivity index is 1.87. The van der Waals surface area contributed by atoms with Crippen molar-refractivity contribution in [1.29, 1.82) is 0 Å². The Labute approximate surface area is 92.5 Å². The van der Waals surface area contributed by atoms with E-state index >= 15 is 0 Å². The van der Waals surface area contributed by atoms with Gasteiger partial charge in [-0.3, -0.25) is 0 Å². The molecule has 0 aliphatic carbocycles. The Hall–Kier alpha value is -1.75. The third kappa shape index (κ3) is 2.64. The standard InChI is InChI=1S/C11H12FN3O/c1-8-2-3-9(4-10(8)12)5-13-6-11-14-7-16-15-11/h2-4,7,13H,5-6H2,1H3. The average molecular weight is 221 g/mol. The molecule has 1 N–H and O–H groups in total. The molecule has 5 heteroatoms. The van der Waals surface area contributed by atoms with Crippen molar-refractivity contribution in [2.75, 3.05) is 0 Å². The number of benzene rings is 1. The molecule has 0 aliphatic heterocycles. The second-order valence-corrected chi connectivity index (χ2v) is 3.53. The normalized spacial score (nSPS) is 10.6. The van der Waals surface area contributed by atoms with E-state index in [1.54, 1.807) is 13.0 Å². The van der Waals surface area contributed by atoms with Gasteiger partial charge in [0, 0.05) is 6.54 Å². The predicted octanol–water partition coefficient (Wildman–Crippen LogP) is 1.81. The Morgan fingerprint density at radius 3 is 2.94 bits per heavy atom. The van der Waals surface area contributed by atoms with Gasteiger partial charge in [-0.25, -0.2) is 4.39 Å². The summed E-state index contributed by atoms with van der Waals surface area (Å²) in [5, 5.41) is 6.76. The van der Waals surface area contributed by atoms with Crippen LogP contribution in [0.3, 0.4) is 0 Å². The van der Waals surface area contributed by atoms with Crippen molar-refractivity contribution in [2.45, 2.75) is 20.0 Å². The van der Waals surface area contributed by atoms with Crippen molar-refractivity contribution in [2.24, 2.45) is 0 Å². The highest BCUT2D eigenvalue weighted by Gasteiger charge is 2.00. The molecule has 1 heterocycles. The van der Waals surface area contributed by atoms with Crippen molar-refractivity contribution in [1.82, 2.24) is 15.5 Å². The molecule has 0 saturated carbocycles. The molecule has 0 saturated heterocycles. The zero-order chi connectivity index (χ0) is 11.4. The Kier molecular flexibility index (Phi) is 3.26. The van der Waals surface area contributed by atoms with Crippen LogP contribution in [0.1, 0.15) is 17.0 Å². The van der Waals surface area contributed by atoms with E-state index in [0.717, 1.165) is 5.56 Å². The fraction of sp³-hybridized carbons (Fsp3) is 0.273. The van der Waals surface area contributed by atoms with E-state index in [0.29, 0.717) is 24.5 Å². The summed E-state index contributed by atoms with van der Waals surface area (Å²) in [6, 6.07) is 5.18. The van der Waals surface area contributed by atoms with Crippen LogP contribution in [0.15, 0.2) is 29.1 Å². The average Bonchev–Trinajstić information content (AvgIpc) is 2.76. The number of hydrogen-bond donors (Lipinski definition) is 1. The summed E-state index contributed by atoms with van der Waals surface area (Å²) in [5.41, 5.74) is 1.55. The van der Waals surface area contributed by atoms with Gasteiger partial charge in [0.25, 0.3) is 0 Å². The molecular weight excluding hydrogens is 209 g/mol. The van der Waals surface area contributed by atoms with Crippen LogP contribution in [0.2, 0.25) is 0 Å². The van der Waals surface area contributed by atoms with Crippen LogP contribution in [-0.2, 0) is 13.1 Å². The Morgan fingerprint density at radius 1 is 1.38 bits per heavy atom. The number of hydrogen-bond acceptors (Lipinski definition) is 4.